The third kappa shape index (κ3) is 1.52. The van der Waals surface area contributed by atoms with Crippen LogP contribution in [0.3, 0.4) is 0 Å². The summed E-state index contributed by atoms with van der Waals surface area (Å²) in [6.07, 6.45) is 8.73. The van der Waals surface area contributed by atoms with Gasteiger partial charge >= 0.3 is 75.4 Å². The molecule has 0 atom stereocenters. The molecule has 0 unspecified atom stereocenters. The maximum atomic E-state index is 3.40. The van der Waals surface area contributed by atoms with Gasteiger partial charge in [-0.15, -0.1) is 0 Å². The molecule has 0 fully saturated rings. The first-order valence-electron chi connectivity index (χ1n) is 4.21. The number of rotatable bonds is 0. The molecule has 2 heteroatoms. The van der Waals surface area contributed by atoms with Gasteiger partial charge in [-0.25, -0.2) is 0 Å². The van der Waals surface area contributed by atoms with Crippen LogP contribution in [0.1, 0.15) is 32.1 Å². The van der Waals surface area contributed by atoms with Gasteiger partial charge in [0.25, 0.3) is 0 Å². The predicted octanol–water partition coefficient (Wildman–Crippen LogP) is 1.82. The standard InChI is InChI=1S/C9H13NSe/c11-9-6-5-7-3-1-2-4-8(7)10-9/h6,10-11H,1-5H2/p-1. The summed E-state index contributed by atoms with van der Waals surface area (Å²) in [5.41, 5.74) is 3.13. The van der Waals surface area contributed by atoms with E-state index >= 15 is 0 Å². The maximum absolute atomic E-state index is 3.40. The van der Waals surface area contributed by atoms with E-state index in [4.69, 9.17) is 0 Å². The van der Waals surface area contributed by atoms with Gasteiger partial charge in [0, 0.05) is 0 Å². The third-order valence-electron chi connectivity index (χ3n) is 2.39. The zero-order valence-electron chi connectivity index (χ0n) is 6.52. The topological polar surface area (TPSA) is 12.0 Å². The van der Waals surface area contributed by atoms with Crippen LogP contribution >= 0.6 is 0 Å². The van der Waals surface area contributed by atoms with Crippen LogP contribution in [-0.2, 0) is 0 Å². The van der Waals surface area contributed by atoms with E-state index in [9.17, 15) is 0 Å². The van der Waals surface area contributed by atoms with Crippen molar-refractivity contribution < 1.29 is 0 Å². The van der Waals surface area contributed by atoms with Gasteiger partial charge in [-0.1, -0.05) is 0 Å². The molecule has 0 saturated heterocycles. The fourth-order valence-corrected chi connectivity index (χ4v) is 2.19. The minimum atomic E-state index is 1.17. The molecule has 0 saturated carbocycles. The molecule has 1 aliphatic heterocycles. The van der Waals surface area contributed by atoms with Crippen molar-refractivity contribution in [2.24, 2.45) is 0 Å². The van der Waals surface area contributed by atoms with E-state index in [1.54, 1.807) is 5.57 Å². The van der Waals surface area contributed by atoms with Gasteiger partial charge in [-0.2, -0.15) is 0 Å². The van der Waals surface area contributed by atoms with Gasteiger partial charge in [-0.3, -0.25) is 0 Å². The number of dihydropyridines is 1. The van der Waals surface area contributed by atoms with Crippen molar-refractivity contribution in [1.29, 1.82) is 0 Å². The Balaban J connectivity index is 2.16. The number of nitrogens with one attached hydrogen (secondary N) is 1. The van der Waals surface area contributed by atoms with Crippen LogP contribution in [0.25, 0.3) is 0 Å². The average Bonchev–Trinajstić information content (AvgIpc) is 2.04. The van der Waals surface area contributed by atoms with E-state index < -0.39 is 0 Å². The van der Waals surface area contributed by atoms with Crippen molar-refractivity contribution in [2.45, 2.75) is 32.1 Å². The van der Waals surface area contributed by atoms with Gasteiger partial charge in [0.1, 0.15) is 0 Å². The molecular formula is C9H12NSe-. The summed E-state index contributed by atoms with van der Waals surface area (Å²) in [7, 11) is 0. The molecule has 2 aliphatic rings. The molecule has 1 aliphatic carbocycles. The van der Waals surface area contributed by atoms with Crippen molar-refractivity contribution >= 4 is 16.0 Å². The van der Waals surface area contributed by atoms with Crippen LogP contribution in [0.4, 0.5) is 0 Å². The van der Waals surface area contributed by atoms with Crippen LogP contribution in [-0.4, -0.2) is 16.0 Å². The van der Waals surface area contributed by atoms with E-state index in [-0.39, 0.29) is 0 Å². The molecule has 2 rings (SSSR count). The van der Waals surface area contributed by atoms with E-state index in [0.717, 1.165) is 0 Å². The molecule has 0 radical (unpaired) electrons. The monoisotopic (exact) mass is 214 g/mol. The molecule has 1 N–H and O–H groups in total. The number of hydrogen-bond donors (Lipinski definition) is 1. The van der Waals surface area contributed by atoms with Gasteiger partial charge < -0.3 is 0 Å². The molecular weight excluding hydrogens is 201 g/mol. The summed E-state index contributed by atoms with van der Waals surface area (Å²) < 4.78 is 1.21. The van der Waals surface area contributed by atoms with Crippen molar-refractivity contribution in [3.8, 4) is 0 Å². The van der Waals surface area contributed by atoms with Crippen molar-refractivity contribution in [3.63, 3.8) is 0 Å². The molecule has 0 aromatic carbocycles. The van der Waals surface area contributed by atoms with E-state index in [1.165, 1.54) is 42.4 Å². The van der Waals surface area contributed by atoms with E-state index in [1.807, 2.05) is 0 Å². The Labute approximate surface area is 75.8 Å². The molecule has 0 aromatic rings. The van der Waals surface area contributed by atoms with Gasteiger partial charge in [-0.05, 0) is 0 Å². The van der Waals surface area contributed by atoms with Crippen LogP contribution in [0.15, 0.2) is 21.9 Å². The first-order chi connectivity index (χ1) is 5.36. The minimum absolute atomic E-state index is 1.17. The Bertz CT molecular complexity index is 228. The molecule has 60 valence electrons. The Kier molecular flexibility index (Phi) is 2.06. The fraction of sp³-hybridized carbons (Fsp3) is 0.556. The van der Waals surface area contributed by atoms with Crippen molar-refractivity contribution in [2.75, 3.05) is 0 Å². The van der Waals surface area contributed by atoms with Crippen LogP contribution in [0.2, 0.25) is 0 Å². The number of allylic oxidation sites excluding steroid dienone is 3. The summed E-state index contributed by atoms with van der Waals surface area (Å²) in [5, 5.41) is 3.40. The number of hydrogen-bond acceptors (Lipinski definition) is 1. The summed E-state index contributed by atoms with van der Waals surface area (Å²) in [6, 6.07) is 0. The van der Waals surface area contributed by atoms with Crippen molar-refractivity contribution in [3.05, 3.63) is 21.9 Å². The molecule has 0 amide bonds. The Morgan fingerprint density at radius 3 is 3.00 bits per heavy atom. The van der Waals surface area contributed by atoms with Gasteiger partial charge in [0.2, 0.25) is 0 Å². The average molecular weight is 213 g/mol. The normalized spacial score (nSPS) is 23.8. The first kappa shape index (κ1) is 7.45. The predicted molar refractivity (Wildman–Crippen MR) is 47.1 cm³/mol. The summed E-state index contributed by atoms with van der Waals surface area (Å²) in [5.74, 6) is 0. The zero-order chi connectivity index (χ0) is 7.68. The summed E-state index contributed by atoms with van der Waals surface area (Å²) in [4.78, 5) is 0. The Hall–Kier alpha value is -0.201. The first-order valence-corrected chi connectivity index (χ1v) is 5.07. The van der Waals surface area contributed by atoms with Crippen LogP contribution < -0.4 is 5.32 Å². The molecule has 0 bridgehead atoms. The van der Waals surface area contributed by atoms with Crippen LogP contribution in [0.5, 0.6) is 0 Å². The van der Waals surface area contributed by atoms with Gasteiger partial charge in [0.15, 0.2) is 0 Å². The summed E-state index contributed by atoms with van der Waals surface area (Å²) in [6.45, 7) is 0. The third-order valence-corrected chi connectivity index (χ3v) is 2.95. The second-order valence-corrected chi connectivity index (χ2v) is 4.11. The quantitative estimate of drug-likeness (QED) is 0.605. The zero-order valence-corrected chi connectivity index (χ0v) is 8.23. The van der Waals surface area contributed by atoms with Crippen LogP contribution in [0, 0.1) is 0 Å². The Morgan fingerprint density at radius 1 is 1.27 bits per heavy atom. The molecule has 1 nitrogen and oxygen atoms in total. The van der Waals surface area contributed by atoms with E-state index in [0.29, 0.717) is 0 Å². The van der Waals surface area contributed by atoms with E-state index in [2.05, 4.69) is 27.4 Å². The van der Waals surface area contributed by atoms with Crippen molar-refractivity contribution in [1.82, 2.24) is 5.32 Å². The van der Waals surface area contributed by atoms with Gasteiger partial charge in [0.05, 0.1) is 0 Å². The molecule has 11 heavy (non-hydrogen) atoms. The second kappa shape index (κ2) is 3.04. The second-order valence-electron chi connectivity index (χ2n) is 3.19. The molecule has 0 aromatic heterocycles. The molecule has 1 heterocycles. The Morgan fingerprint density at radius 2 is 2.09 bits per heavy atom. The fourth-order valence-electron chi connectivity index (χ4n) is 1.76. The summed E-state index contributed by atoms with van der Waals surface area (Å²) >= 11 is 3.03. The molecule has 0 spiro atoms. The SMILES string of the molecule is [Se-]C1=CCC2=C(CCCC2)N1.